The number of aryl methyl sites for hydroxylation is 1. The van der Waals surface area contributed by atoms with Crippen molar-refractivity contribution in [1.82, 2.24) is 20.1 Å². The van der Waals surface area contributed by atoms with Gasteiger partial charge < -0.3 is 24.9 Å². The molecule has 2 atom stereocenters. The first kappa shape index (κ1) is 31.0. The van der Waals surface area contributed by atoms with Gasteiger partial charge in [-0.15, -0.1) is 0 Å². The third-order valence-electron chi connectivity index (χ3n) is 8.81. The second-order valence-corrected chi connectivity index (χ2v) is 12.3. The summed E-state index contributed by atoms with van der Waals surface area (Å²) in [5, 5.41) is 15.2. The van der Waals surface area contributed by atoms with Crippen LogP contribution in [-0.4, -0.2) is 85.5 Å². The van der Waals surface area contributed by atoms with Gasteiger partial charge in [-0.1, -0.05) is 36.9 Å². The molecule has 0 spiro atoms. The molecular formula is C35H43N7O2. The average molecular weight is 594 g/mol. The molecule has 2 aliphatic heterocycles. The van der Waals surface area contributed by atoms with E-state index in [0.29, 0.717) is 38.4 Å². The van der Waals surface area contributed by atoms with E-state index < -0.39 is 0 Å². The van der Waals surface area contributed by atoms with E-state index in [0.717, 1.165) is 35.5 Å². The van der Waals surface area contributed by atoms with Gasteiger partial charge in [-0.25, -0.2) is 4.98 Å². The minimum Gasteiger partial charge on any atom is -0.367 e. The van der Waals surface area contributed by atoms with Crippen molar-refractivity contribution in [3.63, 3.8) is 0 Å². The lowest BCUT2D eigenvalue weighted by Gasteiger charge is -2.43. The van der Waals surface area contributed by atoms with E-state index in [2.05, 4.69) is 71.1 Å². The van der Waals surface area contributed by atoms with E-state index >= 15 is 0 Å². The fourth-order valence-corrected chi connectivity index (χ4v) is 6.92. The van der Waals surface area contributed by atoms with Gasteiger partial charge in [0.15, 0.2) is 0 Å². The number of carbonyl (C=O) groups excluding carboxylic acids is 2. The number of hydrogen-bond donors (Lipinski definition) is 1. The number of benzene rings is 2. The summed E-state index contributed by atoms with van der Waals surface area (Å²) in [6.07, 6.45) is 2.32. The van der Waals surface area contributed by atoms with E-state index in [4.69, 9.17) is 4.98 Å². The maximum absolute atomic E-state index is 13.8. The van der Waals surface area contributed by atoms with Gasteiger partial charge >= 0.3 is 0 Å². The number of piperazine rings is 1. The first-order valence-corrected chi connectivity index (χ1v) is 15.4. The molecule has 1 fully saturated rings. The first-order valence-electron chi connectivity index (χ1n) is 15.4. The van der Waals surface area contributed by atoms with Crippen molar-refractivity contribution in [1.29, 1.82) is 5.26 Å². The summed E-state index contributed by atoms with van der Waals surface area (Å²) in [5.41, 5.74) is 6.73. The highest BCUT2D eigenvalue weighted by atomic mass is 16.2. The highest BCUT2D eigenvalue weighted by molar-refractivity contribution is 5.98. The second-order valence-electron chi connectivity index (χ2n) is 12.3. The summed E-state index contributed by atoms with van der Waals surface area (Å²) in [4.78, 5) is 39.9. The number of hydrogen-bond acceptors (Lipinski definition) is 7. The molecule has 0 aliphatic carbocycles. The quantitative estimate of drug-likeness (QED) is 0.391. The van der Waals surface area contributed by atoms with Crippen molar-refractivity contribution in [3.8, 4) is 6.07 Å². The Labute approximate surface area is 260 Å². The molecule has 0 bridgehead atoms. The molecule has 1 saturated heterocycles. The van der Waals surface area contributed by atoms with Gasteiger partial charge in [0.05, 0.1) is 30.8 Å². The third-order valence-corrected chi connectivity index (χ3v) is 8.81. The number of nitrogens with zero attached hydrogens (tertiary/aromatic N) is 6. The molecule has 2 aliphatic rings. The van der Waals surface area contributed by atoms with Gasteiger partial charge in [0, 0.05) is 66.7 Å². The Morgan fingerprint density at radius 1 is 1.16 bits per heavy atom. The Bertz CT molecular complexity index is 1620. The highest BCUT2D eigenvalue weighted by Crippen LogP contribution is 2.38. The third kappa shape index (κ3) is 6.13. The molecule has 3 aromatic rings. The summed E-state index contributed by atoms with van der Waals surface area (Å²) in [6, 6.07) is 14.8. The molecule has 2 aromatic carbocycles. The number of pyridine rings is 1. The van der Waals surface area contributed by atoms with Crippen LogP contribution < -0.4 is 15.1 Å². The number of aromatic nitrogens is 1. The Kier molecular flexibility index (Phi) is 9.21. The average Bonchev–Trinajstić information content (AvgIpc) is 2.99. The van der Waals surface area contributed by atoms with Crippen LogP contribution in [0.25, 0.3) is 10.8 Å². The molecule has 2 amide bonds. The summed E-state index contributed by atoms with van der Waals surface area (Å²) in [7, 11) is 3.97. The molecule has 0 unspecified atom stereocenters. The standard InChI is InChI=1S/C35H43N7O2/c1-7-31(43)42-19-18-41(21-27(42)14-16-36)34-25(4)33(35(44)37-24(3)20-39(5)6)38-29-22-40(17-15-28(29)34)30-13-9-12-26-11-8-10-23(2)32(26)30/h7-13,24,27H,1,14-15,17-22H2,2-6H3,(H,37,44)/t24-,27+/m1/s1. The van der Waals surface area contributed by atoms with Gasteiger partial charge in [0.25, 0.3) is 5.91 Å². The van der Waals surface area contributed by atoms with Crippen LogP contribution in [0, 0.1) is 25.2 Å². The van der Waals surface area contributed by atoms with Crippen molar-refractivity contribution in [2.75, 3.05) is 56.6 Å². The second kappa shape index (κ2) is 13.1. The minimum atomic E-state index is -0.265. The lowest BCUT2D eigenvalue weighted by atomic mass is 9.94. The van der Waals surface area contributed by atoms with Crippen LogP contribution in [0.15, 0.2) is 49.1 Å². The zero-order valence-electron chi connectivity index (χ0n) is 26.6. The minimum absolute atomic E-state index is 0.0539. The topological polar surface area (TPSA) is 95.8 Å². The Hall–Kier alpha value is -4.42. The Balaban J connectivity index is 1.57. The van der Waals surface area contributed by atoms with Gasteiger partial charge in [0.1, 0.15) is 5.69 Å². The summed E-state index contributed by atoms with van der Waals surface area (Å²) < 4.78 is 0. The lowest BCUT2D eigenvalue weighted by Crippen LogP contribution is -2.55. The monoisotopic (exact) mass is 593 g/mol. The van der Waals surface area contributed by atoms with Gasteiger partial charge in [0.2, 0.25) is 5.91 Å². The fourth-order valence-electron chi connectivity index (χ4n) is 6.92. The van der Waals surface area contributed by atoms with Crippen molar-refractivity contribution in [2.24, 2.45) is 0 Å². The number of nitrogens with one attached hydrogen (secondary N) is 1. The van der Waals surface area contributed by atoms with E-state index in [1.807, 2.05) is 32.8 Å². The first-order chi connectivity index (χ1) is 21.1. The number of rotatable bonds is 8. The number of nitriles is 1. The number of likely N-dealkylation sites (N-methyl/N-ethyl adjacent to an activating group) is 1. The van der Waals surface area contributed by atoms with Crippen LogP contribution in [0.2, 0.25) is 0 Å². The molecule has 0 radical (unpaired) electrons. The van der Waals surface area contributed by atoms with Crippen molar-refractivity contribution in [2.45, 2.75) is 52.2 Å². The molecular weight excluding hydrogens is 550 g/mol. The molecule has 3 heterocycles. The maximum Gasteiger partial charge on any atom is 0.270 e. The van der Waals surface area contributed by atoms with E-state index in [1.54, 1.807) is 4.90 Å². The van der Waals surface area contributed by atoms with Crippen LogP contribution in [0.5, 0.6) is 0 Å². The fraction of sp³-hybridized carbons (Fsp3) is 0.429. The van der Waals surface area contributed by atoms with Gasteiger partial charge in [-0.05, 0) is 64.4 Å². The predicted octanol–water partition coefficient (Wildman–Crippen LogP) is 4.21. The molecule has 5 rings (SSSR count). The summed E-state index contributed by atoms with van der Waals surface area (Å²) in [6.45, 7) is 13.5. The largest absolute Gasteiger partial charge is 0.367 e. The number of fused-ring (bicyclic) bond motifs is 2. The number of anilines is 2. The number of carbonyl (C=O) groups is 2. The van der Waals surface area contributed by atoms with Crippen LogP contribution in [-0.2, 0) is 17.8 Å². The molecule has 230 valence electrons. The van der Waals surface area contributed by atoms with Crippen LogP contribution in [0.1, 0.15) is 46.2 Å². The van der Waals surface area contributed by atoms with Gasteiger partial charge in [-0.3, -0.25) is 9.59 Å². The summed E-state index contributed by atoms with van der Waals surface area (Å²) in [5.74, 6) is -0.345. The molecule has 1 N–H and O–H groups in total. The maximum atomic E-state index is 13.8. The van der Waals surface area contributed by atoms with Crippen LogP contribution in [0.3, 0.4) is 0 Å². The van der Waals surface area contributed by atoms with E-state index in [9.17, 15) is 14.9 Å². The zero-order valence-corrected chi connectivity index (χ0v) is 26.6. The zero-order chi connectivity index (χ0) is 31.5. The van der Waals surface area contributed by atoms with E-state index in [1.165, 1.54) is 28.1 Å². The van der Waals surface area contributed by atoms with Crippen LogP contribution >= 0.6 is 0 Å². The molecule has 9 nitrogen and oxygen atoms in total. The predicted molar refractivity (Wildman–Crippen MR) is 176 cm³/mol. The van der Waals surface area contributed by atoms with Crippen molar-refractivity contribution >= 4 is 34.0 Å². The number of amides is 2. The molecule has 44 heavy (non-hydrogen) atoms. The normalized spacial score (nSPS) is 17.3. The van der Waals surface area contributed by atoms with E-state index in [-0.39, 0.29) is 30.3 Å². The van der Waals surface area contributed by atoms with Crippen molar-refractivity contribution < 1.29 is 9.59 Å². The van der Waals surface area contributed by atoms with Crippen LogP contribution in [0.4, 0.5) is 11.4 Å². The smallest absolute Gasteiger partial charge is 0.270 e. The molecule has 9 heteroatoms. The Morgan fingerprint density at radius 3 is 2.61 bits per heavy atom. The SMILES string of the molecule is C=CC(=O)N1CCN(c2c(C)c(C(=O)N[C@H](C)CN(C)C)nc3c2CCN(c2cccc4cccc(C)c24)C3)C[C@@H]1CC#N. The summed E-state index contributed by atoms with van der Waals surface area (Å²) >= 11 is 0. The molecule has 0 saturated carbocycles. The van der Waals surface area contributed by atoms with Crippen molar-refractivity contribution in [3.05, 3.63) is 77.1 Å². The molecule has 1 aromatic heterocycles. The highest BCUT2D eigenvalue weighted by Gasteiger charge is 2.34. The Morgan fingerprint density at radius 2 is 1.91 bits per heavy atom. The lowest BCUT2D eigenvalue weighted by molar-refractivity contribution is -0.128. The van der Waals surface area contributed by atoms with Gasteiger partial charge in [-0.2, -0.15) is 5.26 Å².